The van der Waals surface area contributed by atoms with Crippen LogP contribution in [0.4, 0.5) is 0 Å². The van der Waals surface area contributed by atoms with E-state index in [2.05, 4.69) is 5.10 Å². The van der Waals surface area contributed by atoms with E-state index >= 15 is 0 Å². The van der Waals surface area contributed by atoms with Crippen LogP contribution in [0.1, 0.15) is 25.5 Å². The third kappa shape index (κ3) is 2.79. The zero-order chi connectivity index (χ0) is 11.6. The largest absolute Gasteiger partial charge is 0.480 e. The molecule has 0 aliphatic carbocycles. The third-order valence-electron chi connectivity index (χ3n) is 1.81. The molecule has 0 saturated heterocycles. The minimum absolute atomic E-state index is 0.0399. The average Bonchev–Trinajstić information content (AvgIpc) is 2.08. The van der Waals surface area contributed by atoms with Gasteiger partial charge in [0.25, 0.3) is 5.56 Å². The van der Waals surface area contributed by atoms with Crippen molar-refractivity contribution in [2.75, 3.05) is 0 Å². The Kier molecular flexibility index (Phi) is 3.47. The van der Waals surface area contributed by atoms with Gasteiger partial charge in [-0.2, -0.15) is 5.10 Å². The number of nitrogens with zero attached hydrogens (tertiary/aromatic N) is 2. The monoisotopic (exact) mass is 230 g/mol. The van der Waals surface area contributed by atoms with Crippen LogP contribution in [0.25, 0.3) is 0 Å². The van der Waals surface area contributed by atoms with E-state index in [1.165, 1.54) is 6.07 Å². The van der Waals surface area contributed by atoms with Crippen LogP contribution < -0.4 is 5.56 Å². The van der Waals surface area contributed by atoms with E-state index in [9.17, 15) is 9.59 Å². The number of halogens is 1. The second-order valence-corrected chi connectivity index (χ2v) is 3.83. The molecule has 0 spiro atoms. The predicted octanol–water partition coefficient (Wildman–Crippen LogP) is 1.10. The highest BCUT2D eigenvalue weighted by Gasteiger charge is 2.11. The minimum Gasteiger partial charge on any atom is -0.480 e. The first kappa shape index (κ1) is 11.7. The van der Waals surface area contributed by atoms with Crippen molar-refractivity contribution in [2.24, 2.45) is 0 Å². The highest BCUT2D eigenvalue weighted by atomic mass is 35.5. The number of carboxylic acid groups (broad SMARTS) is 1. The summed E-state index contributed by atoms with van der Waals surface area (Å²) in [5.74, 6) is -1.07. The first-order valence-electron chi connectivity index (χ1n) is 4.41. The fourth-order valence-corrected chi connectivity index (χ4v) is 1.47. The molecule has 0 radical (unpaired) electrons. The Balaban J connectivity index is 3.23. The molecule has 0 aliphatic rings. The molecule has 1 N–H and O–H groups in total. The maximum atomic E-state index is 11.3. The average molecular weight is 231 g/mol. The molecule has 0 bridgehead atoms. The van der Waals surface area contributed by atoms with Crippen molar-refractivity contribution in [3.8, 4) is 0 Å². The van der Waals surface area contributed by atoms with Crippen molar-refractivity contribution in [1.29, 1.82) is 0 Å². The first-order chi connectivity index (χ1) is 6.91. The number of aromatic nitrogens is 2. The highest BCUT2D eigenvalue weighted by Crippen LogP contribution is 2.19. The molecule has 0 saturated carbocycles. The number of hydrogen-bond donors (Lipinski definition) is 1. The molecule has 0 amide bonds. The Morgan fingerprint density at radius 3 is 2.73 bits per heavy atom. The van der Waals surface area contributed by atoms with Crippen LogP contribution in [0.5, 0.6) is 0 Å². The van der Waals surface area contributed by atoms with Gasteiger partial charge in [-0.3, -0.25) is 9.59 Å². The van der Waals surface area contributed by atoms with Gasteiger partial charge in [-0.15, -0.1) is 0 Å². The Morgan fingerprint density at radius 1 is 1.67 bits per heavy atom. The van der Waals surface area contributed by atoms with Gasteiger partial charge in [-0.05, 0) is 5.92 Å². The van der Waals surface area contributed by atoms with E-state index < -0.39 is 18.1 Å². The van der Waals surface area contributed by atoms with Crippen molar-refractivity contribution in [3.63, 3.8) is 0 Å². The van der Waals surface area contributed by atoms with E-state index in [0.29, 0.717) is 5.69 Å². The smallest absolute Gasteiger partial charge is 0.325 e. The van der Waals surface area contributed by atoms with Crippen LogP contribution in [0, 0.1) is 0 Å². The fourth-order valence-electron chi connectivity index (χ4n) is 1.12. The Hall–Kier alpha value is -1.36. The highest BCUT2D eigenvalue weighted by molar-refractivity contribution is 6.31. The lowest BCUT2D eigenvalue weighted by atomic mass is 10.1. The van der Waals surface area contributed by atoms with Gasteiger partial charge < -0.3 is 5.11 Å². The standard InChI is InChI=1S/C9H11ClN2O3/c1-5(2)9-6(10)3-7(13)12(11-9)4-8(14)15/h3,5H,4H2,1-2H3,(H,14,15). The molecule has 0 aliphatic heterocycles. The Bertz CT molecular complexity index is 439. The van der Waals surface area contributed by atoms with Crippen LogP contribution in [-0.2, 0) is 11.3 Å². The first-order valence-corrected chi connectivity index (χ1v) is 4.79. The zero-order valence-electron chi connectivity index (χ0n) is 8.40. The third-order valence-corrected chi connectivity index (χ3v) is 2.11. The topological polar surface area (TPSA) is 72.2 Å². The SMILES string of the molecule is CC(C)c1nn(CC(=O)O)c(=O)cc1Cl. The number of carbonyl (C=O) groups is 1. The summed E-state index contributed by atoms with van der Waals surface area (Å²) in [5, 5.41) is 12.7. The molecule has 15 heavy (non-hydrogen) atoms. The predicted molar refractivity (Wildman–Crippen MR) is 55.2 cm³/mol. The van der Waals surface area contributed by atoms with Crippen molar-refractivity contribution >= 4 is 17.6 Å². The molecule has 1 aromatic rings. The summed E-state index contributed by atoms with van der Waals surface area (Å²) in [6, 6.07) is 1.19. The molecule has 5 nitrogen and oxygen atoms in total. The van der Waals surface area contributed by atoms with Gasteiger partial charge in [0.05, 0.1) is 10.7 Å². The maximum Gasteiger partial charge on any atom is 0.325 e. The second kappa shape index (κ2) is 4.44. The normalized spacial score (nSPS) is 10.7. The van der Waals surface area contributed by atoms with E-state index in [4.69, 9.17) is 16.7 Å². The molecular weight excluding hydrogens is 220 g/mol. The number of carboxylic acids is 1. The lowest BCUT2D eigenvalue weighted by molar-refractivity contribution is -0.138. The van der Waals surface area contributed by atoms with Crippen LogP contribution in [0.15, 0.2) is 10.9 Å². The van der Waals surface area contributed by atoms with Crippen LogP contribution in [0.2, 0.25) is 5.02 Å². The van der Waals surface area contributed by atoms with E-state index in [1.54, 1.807) is 0 Å². The lowest BCUT2D eigenvalue weighted by Gasteiger charge is -2.09. The van der Waals surface area contributed by atoms with Gasteiger partial charge in [-0.1, -0.05) is 25.4 Å². The molecule has 6 heteroatoms. The molecule has 0 fully saturated rings. The van der Waals surface area contributed by atoms with E-state index in [0.717, 1.165) is 4.68 Å². The van der Waals surface area contributed by atoms with Gasteiger partial charge in [0.2, 0.25) is 0 Å². The summed E-state index contributed by atoms with van der Waals surface area (Å²) in [5.41, 5.74) is 0.0179. The summed E-state index contributed by atoms with van der Waals surface area (Å²) in [7, 11) is 0. The summed E-state index contributed by atoms with van der Waals surface area (Å²) < 4.78 is 0.892. The second-order valence-electron chi connectivity index (χ2n) is 3.42. The van der Waals surface area contributed by atoms with Crippen molar-refractivity contribution in [3.05, 3.63) is 27.1 Å². The molecule has 82 valence electrons. The molecule has 1 heterocycles. The molecule has 1 aromatic heterocycles. The number of aliphatic carboxylic acids is 1. The maximum absolute atomic E-state index is 11.3. The Morgan fingerprint density at radius 2 is 2.27 bits per heavy atom. The molecule has 0 unspecified atom stereocenters. The lowest BCUT2D eigenvalue weighted by Crippen LogP contribution is -2.27. The van der Waals surface area contributed by atoms with Gasteiger partial charge in [0.15, 0.2) is 0 Å². The summed E-state index contributed by atoms with van der Waals surface area (Å²) in [4.78, 5) is 21.8. The fraction of sp³-hybridized carbons (Fsp3) is 0.444. The van der Waals surface area contributed by atoms with E-state index in [1.807, 2.05) is 13.8 Å². The summed E-state index contributed by atoms with van der Waals surface area (Å²) in [6.07, 6.45) is 0. The van der Waals surface area contributed by atoms with Gasteiger partial charge >= 0.3 is 5.97 Å². The molecular formula is C9H11ClN2O3. The van der Waals surface area contributed by atoms with Crippen LogP contribution in [-0.4, -0.2) is 20.9 Å². The van der Waals surface area contributed by atoms with Gasteiger partial charge in [0, 0.05) is 6.07 Å². The van der Waals surface area contributed by atoms with Crippen LogP contribution in [0.3, 0.4) is 0 Å². The summed E-state index contributed by atoms with van der Waals surface area (Å²) >= 11 is 5.81. The van der Waals surface area contributed by atoms with Crippen molar-refractivity contribution < 1.29 is 9.90 Å². The number of rotatable bonds is 3. The van der Waals surface area contributed by atoms with Gasteiger partial charge in [0.1, 0.15) is 6.54 Å². The number of hydrogen-bond acceptors (Lipinski definition) is 3. The molecule has 0 atom stereocenters. The molecule has 1 rings (SSSR count). The molecule has 0 aromatic carbocycles. The van der Waals surface area contributed by atoms with Crippen molar-refractivity contribution in [2.45, 2.75) is 26.3 Å². The van der Waals surface area contributed by atoms with Crippen molar-refractivity contribution in [1.82, 2.24) is 9.78 Å². The zero-order valence-corrected chi connectivity index (χ0v) is 9.15. The van der Waals surface area contributed by atoms with E-state index in [-0.39, 0.29) is 10.9 Å². The van der Waals surface area contributed by atoms with Crippen LogP contribution >= 0.6 is 11.6 Å². The minimum atomic E-state index is -1.11. The quantitative estimate of drug-likeness (QED) is 0.844. The Labute approximate surface area is 91.3 Å². The van der Waals surface area contributed by atoms with Gasteiger partial charge in [-0.25, -0.2) is 4.68 Å². The summed E-state index contributed by atoms with van der Waals surface area (Å²) in [6.45, 7) is 3.28.